The Hall–Kier alpha value is -1.78. The lowest BCUT2D eigenvalue weighted by Crippen LogP contribution is -2.06. The van der Waals surface area contributed by atoms with Crippen LogP contribution in [0.25, 0.3) is 0 Å². The molecule has 5 heteroatoms. The number of esters is 1. The number of anilines is 2. The molecule has 1 aromatic rings. The van der Waals surface area contributed by atoms with Crippen LogP contribution in [-0.4, -0.2) is 25.1 Å². The largest absolute Gasteiger partial charge is 0.464 e. The smallest absolute Gasteiger partial charge is 0.356 e. The molecule has 0 fully saturated rings. The molecule has 0 aromatic carbocycles. The molecule has 1 aromatic heterocycles. The molecule has 3 N–H and O–H groups in total. The Kier molecular flexibility index (Phi) is 2.69. The summed E-state index contributed by atoms with van der Waals surface area (Å²) in [5.41, 5.74) is 6.96. The summed E-state index contributed by atoms with van der Waals surface area (Å²) in [5, 5.41) is 2.84. The van der Waals surface area contributed by atoms with Crippen molar-refractivity contribution in [1.82, 2.24) is 4.98 Å². The summed E-state index contributed by atoms with van der Waals surface area (Å²) in [4.78, 5) is 14.9. The Morgan fingerprint density at radius 3 is 2.92 bits per heavy atom. The molecule has 0 aliphatic carbocycles. The van der Waals surface area contributed by atoms with Crippen LogP contribution in [-0.2, 0) is 4.74 Å². The van der Waals surface area contributed by atoms with Crippen molar-refractivity contribution in [3.8, 4) is 0 Å². The van der Waals surface area contributed by atoms with Crippen LogP contribution >= 0.6 is 0 Å². The third kappa shape index (κ3) is 1.87. The van der Waals surface area contributed by atoms with Gasteiger partial charge in [-0.2, -0.15) is 0 Å². The van der Waals surface area contributed by atoms with Crippen molar-refractivity contribution < 1.29 is 9.53 Å². The first-order valence-electron chi connectivity index (χ1n) is 3.70. The number of carbonyl (C=O) groups excluding carboxylic acids is 1. The minimum Gasteiger partial charge on any atom is -0.464 e. The Balaban J connectivity index is 3.06. The zero-order valence-electron chi connectivity index (χ0n) is 7.50. The van der Waals surface area contributed by atoms with Crippen molar-refractivity contribution in [3.05, 3.63) is 18.0 Å². The minimum atomic E-state index is -0.475. The highest BCUT2D eigenvalue weighted by Gasteiger charge is 2.08. The second-order valence-electron chi connectivity index (χ2n) is 2.40. The van der Waals surface area contributed by atoms with Gasteiger partial charge < -0.3 is 15.8 Å². The van der Waals surface area contributed by atoms with Crippen molar-refractivity contribution >= 4 is 17.3 Å². The number of nitrogens with two attached hydrogens (primary N) is 1. The highest BCUT2D eigenvalue weighted by molar-refractivity contribution is 5.89. The average molecular weight is 181 g/mol. The van der Waals surface area contributed by atoms with Gasteiger partial charge in [-0.15, -0.1) is 0 Å². The lowest BCUT2D eigenvalue weighted by atomic mass is 10.3. The van der Waals surface area contributed by atoms with Crippen LogP contribution in [0.15, 0.2) is 12.3 Å². The van der Waals surface area contributed by atoms with Crippen molar-refractivity contribution in [2.75, 3.05) is 25.2 Å². The predicted molar refractivity (Wildman–Crippen MR) is 49.5 cm³/mol. The third-order valence-corrected chi connectivity index (χ3v) is 1.60. The predicted octanol–water partition coefficient (Wildman–Crippen LogP) is 0.492. The second kappa shape index (κ2) is 3.75. The number of hydrogen-bond donors (Lipinski definition) is 2. The fourth-order valence-electron chi connectivity index (χ4n) is 0.899. The van der Waals surface area contributed by atoms with Gasteiger partial charge >= 0.3 is 5.97 Å². The summed E-state index contributed by atoms with van der Waals surface area (Å²) >= 11 is 0. The number of nitrogen functional groups attached to an aromatic ring is 1. The van der Waals surface area contributed by atoms with E-state index in [0.717, 1.165) is 0 Å². The maximum atomic E-state index is 11.0. The van der Waals surface area contributed by atoms with Crippen LogP contribution < -0.4 is 11.1 Å². The molecule has 0 aliphatic rings. The summed E-state index contributed by atoms with van der Waals surface area (Å²) in [5.74, 6) is -0.475. The van der Waals surface area contributed by atoms with Crippen LogP contribution in [0.1, 0.15) is 10.5 Å². The van der Waals surface area contributed by atoms with Gasteiger partial charge in [-0.05, 0) is 6.07 Å². The second-order valence-corrected chi connectivity index (χ2v) is 2.40. The highest BCUT2D eigenvalue weighted by atomic mass is 16.5. The average Bonchev–Trinajstić information content (AvgIpc) is 2.17. The van der Waals surface area contributed by atoms with Gasteiger partial charge in [0.25, 0.3) is 0 Å². The van der Waals surface area contributed by atoms with Crippen LogP contribution in [0.5, 0.6) is 0 Å². The third-order valence-electron chi connectivity index (χ3n) is 1.60. The van der Waals surface area contributed by atoms with Gasteiger partial charge in [0.1, 0.15) is 0 Å². The number of methoxy groups -OCH3 is 1. The van der Waals surface area contributed by atoms with Gasteiger partial charge in [-0.3, -0.25) is 0 Å². The minimum absolute atomic E-state index is 0.237. The number of carbonyl (C=O) groups is 1. The molecule has 1 heterocycles. The normalized spacial score (nSPS) is 9.38. The first kappa shape index (κ1) is 9.31. The summed E-state index contributed by atoms with van der Waals surface area (Å²) < 4.78 is 4.51. The van der Waals surface area contributed by atoms with Crippen LogP contribution in [0.2, 0.25) is 0 Å². The van der Waals surface area contributed by atoms with Crippen molar-refractivity contribution in [2.45, 2.75) is 0 Å². The Labute approximate surface area is 75.9 Å². The van der Waals surface area contributed by atoms with Crippen LogP contribution in [0.3, 0.4) is 0 Å². The molecule has 1 rings (SSSR count). The van der Waals surface area contributed by atoms with Crippen molar-refractivity contribution in [1.29, 1.82) is 0 Å². The van der Waals surface area contributed by atoms with Crippen molar-refractivity contribution in [2.24, 2.45) is 0 Å². The molecule has 0 atom stereocenters. The monoisotopic (exact) mass is 181 g/mol. The van der Waals surface area contributed by atoms with Crippen LogP contribution in [0.4, 0.5) is 11.4 Å². The number of ether oxygens (including phenoxy) is 1. The van der Waals surface area contributed by atoms with Gasteiger partial charge in [0.05, 0.1) is 24.7 Å². The zero-order chi connectivity index (χ0) is 9.84. The van der Waals surface area contributed by atoms with E-state index in [-0.39, 0.29) is 5.69 Å². The number of nitrogens with zero attached hydrogens (tertiary/aromatic N) is 1. The number of pyridine rings is 1. The molecule has 0 saturated heterocycles. The molecule has 0 amide bonds. The molecule has 0 spiro atoms. The van der Waals surface area contributed by atoms with E-state index >= 15 is 0 Å². The first-order valence-corrected chi connectivity index (χ1v) is 3.70. The van der Waals surface area contributed by atoms with E-state index in [4.69, 9.17) is 5.73 Å². The maximum Gasteiger partial charge on any atom is 0.356 e. The molecule has 0 unspecified atom stereocenters. The molecule has 0 radical (unpaired) electrons. The number of hydrogen-bond acceptors (Lipinski definition) is 5. The van der Waals surface area contributed by atoms with E-state index in [2.05, 4.69) is 15.0 Å². The summed E-state index contributed by atoms with van der Waals surface area (Å²) in [6.45, 7) is 0. The molecular formula is C8H11N3O2. The topological polar surface area (TPSA) is 77.2 Å². The number of rotatable bonds is 2. The SMILES string of the molecule is CNc1cc(C(=O)OC)ncc1N. The quantitative estimate of drug-likeness (QED) is 0.649. The molecule has 0 bridgehead atoms. The Morgan fingerprint density at radius 1 is 1.69 bits per heavy atom. The van der Waals surface area contributed by atoms with E-state index in [1.165, 1.54) is 13.3 Å². The number of nitrogens with one attached hydrogen (secondary N) is 1. The van der Waals surface area contributed by atoms with E-state index in [0.29, 0.717) is 11.4 Å². The van der Waals surface area contributed by atoms with E-state index in [1.54, 1.807) is 13.1 Å². The molecule has 0 aliphatic heterocycles. The Bertz CT molecular complexity index is 325. The molecule has 70 valence electrons. The molecule has 13 heavy (non-hydrogen) atoms. The lowest BCUT2D eigenvalue weighted by Gasteiger charge is -2.05. The van der Waals surface area contributed by atoms with E-state index in [9.17, 15) is 4.79 Å². The van der Waals surface area contributed by atoms with Crippen molar-refractivity contribution in [3.63, 3.8) is 0 Å². The van der Waals surface area contributed by atoms with E-state index < -0.39 is 5.97 Å². The van der Waals surface area contributed by atoms with Gasteiger partial charge in [-0.1, -0.05) is 0 Å². The van der Waals surface area contributed by atoms with Gasteiger partial charge in [0.15, 0.2) is 5.69 Å². The zero-order valence-corrected chi connectivity index (χ0v) is 7.50. The maximum absolute atomic E-state index is 11.0. The van der Waals surface area contributed by atoms with Gasteiger partial charge in [0, 0.05) is 7.05 Å². The van der Waals surface area contributed by atoms with E-state index in [1.807, 2.05) is 0 Å². The molecular weight excluding hydrogens is 170 g/mol. The standard InChI is InChI=1S/C8H11N3O2/c1-10-6-3-7(8(12)13-2)11-4-5(6)9/h3-4H,9H2,1-2H3,(H,10,11). The fraction of sp³-hybridized carbons (Fsp3) is 0.250. The highest BCUT2D eigenvalue weighted by Crippen LogP contribution is 2.17. The van der Waals surface area contributed by atoms with Crippen LogP contribution in [0, 0.1) is 0 Å². The summed E-state index contributed by atoms with van der Waals surface area (Å²) in [6, 6.07) is 1.54. The Morgan fingerprint density at radius 2 is 2.38 bits per heavy atom. The summed E-state index contributed by atoms with van der Waals surface area (Å²) in [6.07, 6.45) is 1.41. The molecule has 0 saturated carbocycles. The fourth-order valence-corrected chi connectivity index (χ4v) is 0.899. The lowest BCUT2D eigenvalue weighted by molar-refractivity contribution is 0.0594. The first-order chi connectivity index (χ1) is 6.19. The summed E-state index contributed by atoms with van der Waals surface area (Å²) in [7, 11) is 3.02. The van der Waals surface area contributed by atoms with Gasteiger partial charge in [-0.25, -0.2) is 9.78 Å². The molecule has 5 nitrogen and oxygen atoms in total. The van der Waals surface area contributed by atoms with Gasteiger partial charge in [0.2, 0.25) is 0 Å². The number of aromatic nitrogens is 1.